The predicted octanol–water partition coefficient (Wildman–Crippen LogP) is -0.996. The van der Waals surface area contributed by atoms with Crippen LogP contribution in [-0.4, -0.2) is 121 Å². The first-order valence-corrected chi connectivity index (χ1v) is 12.9. The van der Waals surface area contributed by atoms with Crippen LogP contribution in [0, 0.1) is 6.92 Å². The van der Waals surface area contributed by atoms with Gasteiger partial charge in [-0.3, -0.25) is 0 Å². The Morgan fingerprint density at radius 3 is 2.29 bits per heavy atom. The Labute approximate surface area is 222 Å². The monoisotopic (exact) mass is 546 g/mol. The Hall–Kier alpha value is -1.42. The van der Waals surface area contributed by atoms with Crippen LogP contribution in [0.15, 0.2) is 18.2 Å². The molecule has 12 nitrogen and oxygen atoms in total. The lowest BCUT2D eigenvalue weighted by Crippen LogP contribution is -2.64. The van der Waals surface area contributed by atoms with E-state index in [1.807, 2.05) is 19.1 Å². The topological polar surface area (TPSA) is 199 Å². The van der Waals surface area contributed by atoms with Crippen molar-refractivity contribution in [3.63, 3.8) is 0 Å². The smallest absolute Gasteiger partial charge is 0.187 e. The Morgan fingerprint density at radius 2 is 1.68 bits per heavy atom. The highest BCUT2D eigenvalue weighted by atomic mass is 16.8. The van der Waals surface area contributed by atoms with Gasteiger partial charge in [0.05, 0.1) is 24.9 Å². The van der Waals surface area contributed by atoms with Crippen molar-refractivity contribution < 1.29 is 59.8 Å². The van der Waals surface area contributed by atoms with Crippen LogP contribution in [0.1, 0.15) is 50.7 Å². The van der Waals surface area contributed by atoms with Gasteiger partial charge in [-0.25, -0.2) is 0 Å². The maximum absolute atomic E-state index is 10.9. The molecule has 2 aliphatic rings. The molecular weight excluding hydrogens is 504 g/mol. The average Bonchev–Trinajstić information content (AvgIpc) is 2.86. The Morgan fingerprint density at radius 1 is 1.00 bits per heavy atom. The van der Waals surface area contributed by atoms with Gasteiger partial charge in [-0.15, -0.1) is 0 Å². The summed E-state index contributed by atoms with van der Waals surface area (Å²) in [6, 6.07) is 5.43. The molecule has 38 heavy (non-hydrogen) atoms. The highest BCUT2D eigenvalue weighted by molar-refractivity contribution is 5.36. The second-order valence-electron chi connectivity index (χ2n) is 10.9. The predicted molar refractivity (Wildman–Crippen MR) is 132 cm³/mol. The summed E-state index contributed by atoms with van der Waals surface area (Å²) in [6.07, 6.45) is -13.4. The summed E-state index contributed by atoms with van der Waals surface area (Å²) >= 11 is 0. The Balaban J connectivity index is 1.77. The molecule has 0 radical (unpaired) electrons. The summed E-state index contributed by atoms with van der Waals surface area (Å²) in [5.41, 5.74) is 0.271. The highest BCUT2D eigenvalue weighted by Crippen LogP contribution is 2.33. The SMILES string of the molecule is Cc1ccc([C@@H](C)CC[C@@H](O[C@@H]2O[C@H](CO)[C@@H](O)[C@H](O)[C@H]2O[C@H]2OC[C@@H](O)[C@@H](O)[C@@H]2O)C(C)(C)O)cc1O. The molecule has 2 fully saturated rings. The van der Waals surface area contributed by atoms with Gasteiger partial charge in [0.2, 0.25) is 0 Å². The van der Waals surface area contributed by atoms with Crippen molar-refractivity contribution in [1.82, 2.24) is 0 Å². The number of benzene rings is 1. The minimum Gasteiger partial charge on any atom is -0.508 e. The van der Waals surface area contributed by atoms with Crippen LogP contribution < -0.4 is 0 Å². The van der Waals surface area contributed by atoms with Crippen molar-refractivity contribution in [2.45, 2.75) is 113 Å². The van der Waals surface area contributed by atoms with Crippen molar-refractivity contribution in [3.8, 4) is 5.75 Å². The number of phenols is 1. The number of aliphatic hydroxyl groups is 7. The lowest BCUT2D eigenvalue weighted by molar-refractivity contribution is -0.367. The molecule has 0 spiro atoms. The van der Waals surface area contributed by atoms with E-state index in [0.717, 1.165) is 11.1 Å². The quantitative estimate of drug-likeness (QED) is 0.178. The summed E-state index contributed by atoms with van der Waals surface area (Å²) in [5.74, 6) is 0.179. The van der Waals surface area contributed by atoms with Gasteiger partial charge in [-0.05, 0) is 56.7 Å². The number of aliphatic hydroxyl groups excluding tert-OH is 6. The van der Waals surface area contributed by atoms with E-state index in [2.05, 4.69) is 0 Å². The number of ether oxygens (including phenoxy) is 4. The van der Waals surface area contributed by atoms with E-state index in [1.165, 1.54) is 0 Å². The van der Waals surface area contributed by atoms with E-state index in [4.69, 9.17) is 18.9 Å². The molecule has 11 atom stereocenters. The summed E-state index contributed by atoms with van der Waals surface area (Å²) in [6.45, 7) is 5.87. The zero-order chi connectivity index (χ0) is 28.4. The average molecular weight is 547 g/mol. The normalized spacial score (nSPS) is 36.1. The fourth-order valence-electron chi connectivity index (χ4n) is 4.62. The third-order valence-electron chi connectivity index (χ3n) is 7.32. The fourth-order valence-corrected chi connectivity index (χ4v) is 4.62. The molecule has 2 heterocycles. The second-order valence-corrected chi connectivity index (χ2v) is 10.9. The van der Waals surface area contributed by atoms with Crippen LogP contribution in [0.2, 0.25) is 0 Å². The molecule has 2 aliphatic heterocycles. The molecule has 1 aromatic rings. The van der Waals surface area contributed by atoms with Gasteiger partial charge in [0.25, 0.3) is 0 Å². The van der Waals surface area contributed by atoms with Crippen LogP contribution in [0.25, 0.3) is 0 Å². The number of aromatic hydroxyl groups is 1. The van der Waals surface area contributed by atoms with E-state index in [1.54, 1.807) is 26.8 Å². The molecule has 3 rings (SSSR count). The zero-order valence-electron chi connectivity index (χ0n) is 22.1. The number of phenolic OH excluding ortho intramolecular Hbond substituents is 1. The molecule has 218 valence electrons. The van der Waals surface area contributed by atoms with Crippen molar-refractivity contribution in [3.05, 3.63) is 29.3 Å². The molecular formula is C26H42O12. The number of hydrogen-bond donors (Lipinski definition) is 8. The second kappa shape index (κ2) is 12.8. The van der Waals surface area contributed by atoms with Crippen molar-refractivity contribution in [2.24, 2.45) is 0 Å². The first-order chi connectivity index (χ1) is 17.7. The maximum atomic E-state index is 10.9. The van der Waals surface area contributed by atoms with Gasteiger partial charge in [0.15, 0.2) is 12.6 Å². The van der Waals surface area contributed by atoms with Gasteiger partial charge in [-0.2, -0.15) is 0 Å². The first-order valence-electron chi connectivity index (χ1n) is 12.9. The summed E-state index contributed by atoms with van der Waals surface area (Å²) in [4.78, 5) is 0. The fraction of sp³-hybridized carbons (Fsp3) is 0.769. The lowest BCUT2D eigenvalue weighted by atomic mass is 9.89. The molecule has 0 saturated carbocycles. The molecule has 2 saturated heterocycles. The van der Waals surface area contributed by atoms with E-state index in [0.29, 0.717) is 12.8 Å². The van der Waals surface area contributed by atoms with Gasteiger partial charge in [-0.1, -0.05) is 19.1 Å². The van der Waals surface area contributed by atoms with E-state index < -0.39 is 73.6 Å². The lowest BCUT2D eigenvalue weighted by Gasteiger charge is -2.46. The summed E-state index contributed by atoms with van der Waals surface area (Å²) < 4.78 is 22.8. The molecule has 0 aromatic heterocycles. The van der Waals surface area contributed by atoms with Gasteiger partial charge in [0, 0.05) is 0 Å². The number of aryl methyl sites for hydroxylation is 1. The molecule has 8 N–H and O–H groups in total. The first kappa shape index (κ1) is 31.1. The molecule has 0 bridgehead atoms. The van der Waals surface area contributed by atoms with Gasteiger partial charge in [0.1, 0.15) is 48.5 Å². The van der Waals surface area contributed by atoms with Crippen LogP contribution in [0.4, 0.5) is 0 Å². The third kappa shape index (κ3) is 7.20. The van der Waals surface area contributed by atoms with Crippen molar-refractivity contribution in [2.75, 3.05) is 13.2 Å². The molecule has 0 amide bonds. The summed E-state index contributed by atoms with van der Waals surface area (Å²) in [7, 11) is 0. The maximum Gasteiger partial charge on any atom is 0.187 e. The zero-order valence-corrected chi connectivity index (χ0v) is 22.1. The van der Waals surface area contributed by atoms with Crippen LogP contribution in [-0.2, 0) is 18.9 Å². The molecule has 1 aromatic carbocycles. The summed E-state index contributed by atoms with van der Waals surface area (Å²) in [5, 5.41) is 81.8. The Bertz CT molecular complexity index is 891. The molecule has 12 heteroatoms. The Kier molecular flexibility index (Phi) is 10.5. The molecule has 0 unspecified atom stereocenters. The largest absolute Gasteiger partial charge is 0.508 e. The number of rotatable bonds is 10. The van der Waals surface area contributed by atoms with Gasteiger partial charge >= 0.3 is 0 Å². The standard InChI is InChI=1S/C26H42O12/c1-12(14-7-5-13(2)15(28)9-14)6-8-18(26(3,4)34)37-25-23(21(32)20(31)17(10-27)36-25)38-24-22(33)19(30)16(29)11-35-24/h5,7,9,12,16-25,27-34H,6,8,10-11H2,1-4H3/t12-,16+,17+,18+,19+,20+,21-,22-,23+,24+,25-/m0/s1. The number of hydrogen-bond acceptors (Lipinski definition) is 12. The third-order valence-corrected chi connectivity index (χ3v) is 7.32. The highest BCUT2D eigenvalue weighted by Gasteiger charge is 2.50. The molecule has 0 aliphatic carbocycles. The van der Waals surface area contributed by atoms with E-state index >= 15 is 0 Å². The van der Waals surface area contributed by atoms with Gasteiger partial charge < -0.3 is 59.8 Å². The van der Waals surface area contributed by atoms with Crippen LogP contribution in [0.5, 0.6) is 5.75 Å². The minimum absolute atomic E-state index is 0.00873. The van der Waals surface area contributed by atoms with Crippen LogP contribution >= 0.6 is 0 Å². The minimum atomic E-state index is -1.67. The van der Waals surface area contributed by atoms with Crippen molar-refractivity contribution >= 4 is 0 Å². The van der Waals surface area contributed by atoms with E-state index in [9.17, 15) is 40.9 Å². The van der Waals surface area contributed by atoms with Crippen molar-refractivity contribution in [1.29, 1.82) is 0 Å². The van der Waals surface area contributed by atoms with E-state index in [-0.39, 0.29) is 18.3 Å². The van der Waals surface area contributed by atoms with Crippen LogP contribution in [0.3, 0.4) is 0 Å².